The normalized spacial score (nSPS) is 16.7. The maximum absolute atomic E-state index is 14.2. The molecule has 1 aliphatic rings. The third-order valence-corrected chi connectivity index (χ3v) is 5.14. The van der Waals surface area contributed by atoms with Crippen molar-refractivity contribution in [1.29, 1.82) is 0 Å². The Balaban J connectivity index is 1.52. The van der Waals surface area contributed by atoms with Crippen LogP contribution in [0.1, 0.15) is 29.5 Å². The SMILES string of the molecule is Cc1ccc(F)c(N2CCCC(NC(=O)NCc3cccc(CN(C)C)c3)C2)c1. The van der Waals surface area contributed by atoms with Crippen LogP contribution in [0.15, 0.2) is 42.5 Å². The molecule has 1 saturated heterocycles. The second kappa shape index (κ2) is 9.74. The van der Waals surface area contributed by atoms with Crippen LogP contribution in [0.3, 0.4) is 0 Å². The highest BCUT2D eigenvalue weighted by molar-refractivity contribution is 5.74. The molecule has 0 spiro atoms. The lowest BCUT2D eigenvalue weighted by Gasteiger charge is -2.35. The number of halogens is 1. The molecule has 6 heteroatoms. The summed E-state index contributed by atoms with van der Waals surface area (Å²) < 4.78 is 14.2. The van der Waals surface area contributed by atoms with E-state index >= 15 is 0 Å². The van der Waals surface area contributed by atoms with Crippen molar-refractivity contribution in [1.82, 2.24) is 15.5 Å². The minimum absolute atomic E-state index is 0.00346. The van der Waals surface area contributed by atoms with Crippen molar-refractivity contribution in [3.05, 3.63) is 65.0 Å². The Kier molecular flexibility index (Phi) is 7.09. The molecule has 0 aliphatic carbocycles. The number of hydrogen-bond acceptors (Lipinski definition) is 3. The molecule has 1 aliphatic heterocycles. The van der Waals surface area contributed by atoms with Crippen molar-refractivity contribution in [2.45, 2.75) is 38.9 Å². The quantitative estimate of drug-likeness (QED) is 0.781. The number of hydrogen-bond donors (Lipinski definition) is 2. The first-order chi connectivity index (χ1) is 13.9. The molecule has 29 heavy (non-hydrogen) atoms. The maximum atomic E-state index is 14.2. The monoisotopic (exact) mass is 398 g/mol. The molecule has 5 nitrogen and oxygen atoms in total. The van der Waals surface area contributed by atoms with Gasteiger partial charge in [-0.2, -0.15) is 0 Å². The van der Waals surface area contributed by atoms with Gasteiger partial charge in [-0.15, -0.1) is 0 Å². The lowest BCUT2D eigenvalue weighted by molar-refractivity contribution is 0.234. The second-order valence-electron chi connectivity index (χ2n) is 8.12. The number of amides is 2. The molecular weight excluding hydrogens is 367 g/mol. The summed E-state index contributed by atoms with van der Waals surface area (Å²) in [6, 6.07) is 13.2. The third kappa shape index (κ3) is 6.19. The minimum Gasteiger partial charge on any atom is -0.367 e. The fourth-order valence-corrected chi connectivity index (χ4v) is 3.80. The van der Waals surface area contributed by atoms with E-state index in [1.165, 1.54) is 11.6 Å². The Bertz CT molecular complexity index is 839. The molecule has 0 aromatic heterocycles. The molecule has 2 aromatic rings. The number of nitrogens with zero attached hydrogens (tertiary/aromatic N) is 2. The zero-order valence-electron chi connectivity index (χ0n) is 17.5. The van der Waals surface area contributed by atoms with E-state index in [9.17, 15) is 9.18 Å². The van der Waals surface area contributed by atoms with E-state index in [1.807, 2.05) is 44.1 Å². The average Bonchev–Trinajstić information content (AvgIpc) is 2.68. The number of carbonyl (C=O) groups is 1. The van der Waals surface area contributed by atoms with E-state index in [-0.39, 0.29) is 17.9 Å². The topological polar surface area (TPSA) is 47.6 Å². The summed E-state index contributed by atoms with van der Waals surface area (Å²) in [6.45, 7) is 4.73. The van der Waals surface area contributed by atoms with E-state index in [0.29, 0.717) is 18.8 Å². The van der Waals surface area contributed by atoms with Crippen molar-refractivity contribution < 1.29 is 9.18 Å². The van der Waals surface area contributed by atoms with Crippen LogP contribution in [0.5, 0.6) is 0 Å². The maximum Gasteiger partial charge on any atom is 0.315 e. The van der Waals surface area contributed by atoms with Crippen molar-refractivity contribution >= 4 is 11.7 Å². The predicted octanol–water partition coefficient (Wildman–Crippen LogP) is 3.66. The molecule has 1 unspecified atom stereocenters. The highest BCUT2D eigenvalue weighted by Gasteiger charge is 2.23. The Labute approximate surface area is 172 Å². The van der Waals surface area contributed by atoms with Gasteiger partial charge in [-0.25, -0.2) is 9.18 Å². The largest absolute Gasteiger partial charge is 0.367 e. The zero-order valence-corrected chi connectivity index (χ0v) is 17.5. The molecule has 0 bridgehead atoms. The summed E-state index contributed by atoms with van der Waals surface area (Å²) >= 11 is 0. The molecule has 1 heterocycles. The Morgan fingerprint density at radius 3 is 2.79 bits per heavy atom. The Hall–Kier alpha value is -2.60. The van der Waals surface area contributed by atoms with Crippen molar-refractivity contribution in [3.63, 3.8) is 0 Å². The van der Waals surface area contributed by atoms with Gasteiger partial charge in [0, 0.05) is 32.2 Å². The number of aryl methyl sites for hydroxylation is 1. The van der Waals surface area contributed by atoms with Crippen molar-refractivity contribution in [2.75, 3.05) is 32.1 Å². The summed E-state index contributed by atoms with van der Waals surface area (Å²) in [5, 5.41) is 5.99. The highest BCUT2D eigenvalue weighted by Crippen LogP contribution is 2.24. The van der Waals surface area contributed by atoms with Gasteiger partial charge in [0.1, 0.15) is 5.82 Å². The average molecular weight is 399 g/mol. The van der Waals surface area contributed by atoms with Gasteiger partial charge >= 0.3 is 6.03 Å². The molecule has 2 aromatic carbocycles. The first-order valence-corrected chi connectivity index (χ1v) is 10.2. The number of piperidine rings is 1. The summed E-state index contributed by atoms with van der Waals surface area (Å²) in [6.07, 6.45) is 1.82. The van der Waals surface area contributed by atoms with Crippen molar-refractivity contribution in [2.24, 2.45) is 0 Å². The zero-order chi connectivity index (χ0) is 20.8. The van der Waals surface area contributed by atoms with Gasteiger partial charge in [0.2, 0.25) is 0 Å². The van der Waals surface area contributed by atoms with Gasteiger partial charge in [0.05, 0.1) is 5.69 Å². The standard InChI is InChI=1S/C23H31FN4O/c1-17-9-10-21(24)22(12-17)28-11-5-8-20(16-28)26-23(29)25-14-18-6-4-7-19(13-18)15-27(2)3/h4,6-7,9-10,12-13,20H,5,8,11,14-16H2,1-3H3,(H2,25,26,29). The van der Waals surface area contributed by atoms with Gasteiger partial charge in [0.15, 0.2) is 0 Å². The van der Waals surface area contributed by atoms with Crippen LogP contribution >= 0.6 is 0 Å². The van der Waals surface area contributed by atoms with Crippen LogP contribution in [0.2, 0.25) is 0 Å². The van der Waals surface area contributed by atoms with E-state index in [2.05, 4.69) is 27.7 Å². The smallest absolute Gasteiger partial charge is 0.315 e. The molecule has 0 radical (unpaired) electrons. The lowest BCUT2D eigenvalue weighted by Crippen LogP contribution is -2.50. The van der Waals surface area contributed by atoms with E-state index in [0.717, 1.165) is 37.1 Å². The predicted molar refractivity (Wildman–Crippen MR) is 116 cm³/mol. The Morgan fingerprint density at radius 2 is 2.00 bits per heavy atom. The Morgan fingerprint density at radius 1 is 1.21 bits per heavy atom. The molecular formula is C23H31FN4O. The summed E-state index contributed by atoms with van der Waals surface area (Å²) in [4.78, 5) is 16.5. The first kappa shape index (κ1) is 21.1. The van der Waals surface area contributed by atoms with Gasteiger partial charge in [-0.05, 0) is 62.7 Å². The van der Waals surface area contributed by atoms with E-state index < -0.39 is 0 Å². The number of rotatable bonds is 6. The van der Waals surface area contributed by atoms with Crippen LogP contribution < -0.4 is 15.5 Å². The highest BCUT2D eigenvalue weighted by atomic mass is 19.1. The van der Waals surface area contributed by atoms with Crippen LogP contribution in [0, 0.1) is 12.7 Å². The molecule has 0 saturated carbocycles. The second-order valence-corrected chi connectivity index (χ2v) is 8.12. The molecule has 1 fully saturated rings. The van der Waals surface area contributed by atoms with Crippen molar-refractivity contribution in [3.8, 4) is 0 Å². The van der Waals surface area contributed by atoms with E-state index in [1.54, 1.807) is 6.07 Å². The lowest BCUT2D eigenvalue weighted by atomic mass is 10.0. The van der Waals surface area contributed by atoms with Gasteiger partial charge in [0.25, 0.3) is 0 Å². The van der Waals surface area contributed by atoms with E-state index in [4.69, 9.17) is 0 Å². The number of carbonyl (C=O) groups excluding carboxylic acids is 1. The summed E-state index contributed by atoms with van der Waals surface area (Å²) in [5.74, 6) is -0.210. The van der Waals surface area contributed by atoms with Gasteiger partial charge < -0.3 is 20.4 Å². The number of anilines is 1. The van der Waals surface area contributed by atoms with Crippen LogP contribution in [-0.4, -0.2) is 44.2 Å². The van der Waals surface area contributed by atoms with Crippen LogP contribution in [-0.2, 0) is 13.1 Å². The number of benzene rings is 2. The molecule has 3 rings (SSSR count). The fourth-order valence-electron chi connectivity index (χ4n) is 3.80. The van der Waals surface area contributed by atoms with Gasteiger partial charge in [-0.1, -0.05) is 30.3 Å². The minimum atomic E-state index is -0.210. The molecule has 2 amide bonds. The number of nitrogens with one attached hydrogen (secondary N) is 2. The third-order valence-electron chi connectivity index (χ3n) is 5.14. The molecule has 156 valence electrons. The van der Waals surface area contributed by atoms with Crippen LogP contribution in [0.4, 0.5) is 14.9 Å². The number of urea groups is 1. The molecule has 1 atom stereocenters. The summed E-state index contributed by atoms with van der Waals surface area (Å²) in [7, 11) is 4.07. The van der Waals surface area contributed by atoms with Gasteiger partial charge in [-0.3, -0.25) is 0 Å². The fraction of sp³-hybridized carbons (Fsp3) is 0.435. The van der Waals surface area contributed by atoms with Crippen LogP contribution in [0.25, 0.3) is 0 Å². The molecule has 2 N–H and O–H groups in total. The first-order valence-electron chi connectivity index (χ1n) is 10.2. The summed E-state index contributed by atoms with van der Waals surface area (Å²) in [5.41, 5.74) is 3.95.